The van der Waals surface area contributed by atoms with Crippen molar-refractivity contribution in [2.24, 2.45) is 0 Å². The molecule has 0 bridgehead atoms. The number of hydrogen-bond donors (Lipinski definition) is 0. The Morgan fingerprint density at radius 2 is 2.29 bits per heavy atom. The number of nitrogens with zero attached hydrogens (tertiary/aromatic N) is 1. The van der Waals surface area contributed by atoms with Gasteiger partial charge in [0, 0.05) is 24.7 Å². The summed E-state index contributed by atoms with van der Waals surface area (Å²) in [5.41, 5.74) is 1.11. The summed E-state index contributed by atoms with van der Waals surface area (Å²) in [5, 5.41) is 0. The van der Waals surface area contributed by atoms with Gasteiger partial charge in [0.05, 0.1) is 0 Å². The molecule has 1 aliphatic heterocycles. The van der Waals surface area contributed by atoms with Crippen LogP contribution in [0.5, 0.6) is 0 Å². The summed E-state index contributed by atoms with van der Waals surface area (Å²) in [4.78, 5) is 13.8. The number of carbonyl (C=O) groups excluding carboxylic acids is 1. The van der Waals surface area contributed by atoms with E-state index < -0.39 is 0 Å². The van der Waals surface area contributed by atoms with E-state index in [4.69, 9.17) is 4.74 Å². The first-order valence-electron chi connectivity index (χ1n) is 5.78. The van der Waals surface area contributed by atoms with Gasteiger partial charge >= 0.3 is 0 Å². The van der Waals surface area contributed by atoms with Gasteiger partial charge in [0.1, 0.15) is 6.10 Å². The highest BCUT2D eigenvalue weighted by Crippen LogP contribution is 2.19. The minimum Gasteiger partial charge on any atom is -0.368 e. The first-order valence-corrected chi connectivity index (χ1v) is 6.58. The Morgan fingerprint density at radius 1 is 1.53 bits per heavy atom. The maximum Gasteiger partial charge on any atom is 0.251 e. The van der Waals surface area contributed by atoms with Crippen LogP contribution in [0, 0.1) is 0 Å². The van der Waals surface area contributed by atoms with E-state index in [1.54, 1.807) is 4.90 Å². The first-order chi connectivity index (χ1) is 8.18. The fraction of sp³-hybridized carbons (Fsp3) is 0.462. The summed E-state index contributed by atoms with van der Waals surface area (Å²) in [5.74, 6) is 0.0817. The molecule has 17 heavy (non-hydrogen) atoms. The Bertz CT molecular complexity index is 402. The van der Waals surface area contributed by atoms with Gasteiger partial charge in [-0.2, -0.15) is 0 Å². The molecule has 0 N–H and O–H groups in total. The first kappa shape index (κ1) is 12.6. The van der Waals surface area contributed by atoms with Crippen LogP contribution in [0.25, 0.3) is 0 Å². The second-order valence-electron chi connectivity index (χ2n) is 4.29. The molecule has 0 saturated carbocycles. The lowest BCUT2D eigenvalue weighted by atomic mass is 10.2. The third kappa shape index (κ3) is 3.07. The molecule has 1 aromatic carbocycles. The van der Waals surface area contributed by atoms with Crippen molar-refractivity contribution in [1.82, 2.24) is 4.90 Å². The largest absolute Gasteiger partial charge is 0.368 e. The average Bonchev–Trinajstić information content (AvgIpc) is 2.84. The smallest absolute Gasteiger partial charge is 0.251 e. The lowest BCUT2D eigenvalue weighted by Gasteiger charge is -2.21. The van der Waals surface area contributed by atoms with Crippen molar-refractivity contribution < 1.29 is 9.53 Å². The Hall–Kier alpha value is -0.870. The second kappa shape index (κ2) is 5.65. The average molecular weight is 298 g/mol. The third-order valence-corrected chi connectivity index (χ3v) is 3.72. The fourth-order valence-electron chi connectivity index (χ4n) is 1.98. The predicted octanol–water partition coefficient (Wildman–Crippen LogP) is 2.59. The van der Waals surface area contributed by atoms with Crippen molar-refractivity contribution in [2.75, 3.05) is 13.7 Å². The van der Waals surface area contributed by atoms with E-state index in [2.05, 4.69) is 15.9 Å². The Morgan fingerprint density at radius 3 is 2.94 bits per heavy atom. The van der Waals surface area contributed by atoms with Gasteiger partial charge in [0.15, 0.2) is 0 Å². The van der Waals surface area contributed by atoms with Crippen molar-refractivity contribution in [3.63, 3.8) is 0 Å². The van der Waals surface area contributed by atoms with E-state index in [1.807, 2.05) is 31.3 Å². The van der Waals surface area contributed by atoms with Gasteiger partial charge in [-0.05, 0) is 24.5 Å². The number of carbonyl (C=O) groups is 1. The number of likely N-dealkylation sites (N-methyl/N-ethyl adjacent to an activating group) is 1. The van der Waals surface area contributed by atoms with Crippen LogP contribution in [0.4, 0.5) is 0 Å². The van der Waals surface area contributed by atoms with Crippen LogP contribution in [-0.4, -0.2) is 30.6 Å². The zero-order chi connectivity index (χ0) is 12.3. The molecule has 1 fully saturated rings. The zero-order valence-electron chi connectivity index (χ0n) is 9.86. The van der Waals surface area contributed by atoms with Crippen LogP contribution in [0.2, 0.25) is 0 Å². The highest BCUT2D eigenvalue weighted by Gasteiger charge is 2.26. The maximum absolute atomic E-state index is 12.0. The molecule has 4 heteroatoms. The number of hydrogen-bond acceptors (Lipinski definition) is 2. The molecular formula is C13H16BrNO2. The van der Waals surface area contributed by atoms with Crippen molar-refractivity contribution >= 4 is 21.8 Å². The maximum atomic E-state index is 12.0. The molecule has 2 rings (SSSR count). The quantitative estimate of drug-likeness (QED) is 0.858. The Labute approximate surface area is 110 Å². The van der Waals surface area contributed by atoms with E-state index in [0.29, 0.717) is 13.2 Å². The summed E-state index contributed by atoms with van der Waals surface area (Å²) >= 11 is 3.49. The summed E-state index contributed by atoms with van der Waals surface area (Å²) in [6.07, 6.45) is 1.60. The summed E-state index contributed by atoms with van der Waals surface area (Å²) < 4.78 is 6.44. The summed E-state index contributed by atoms with van der Waals surface area (Å²) in [6.45, 7) is 1.32. The third-order valence-electron chi connectivity index (χ3n) is 2.95. The van der Waals surface area contributed by atoms with Crippen molar-refractivity contribution in [1.29, 1.82) is 0 Å². The molecule has 1 amide bonds. The molecule has 1 unspecified atom stereocenters. The molecule has 1 atom stereocenters. The number of halogens is 1. The number of benzene rings is 1. The van der Waals surface area contributed by atoms with E-state index >= 15 is 0 Å². The molecule has 1 aliphatic rings. The van der Waals surface area contributed by atoms with E-state index in [0.717, 1.165) is 22.9 Å². The topological polar surface area (TPSA) is 29.5 Å². The summed E-state index contributed by atoms with van der Waals surface area (Å²) in [7, 11) is 1.82. The molecule has 0 radical (unpaired) electrons. The second-order valence-corrected chi connectivity index (χ2v) is 5.14. The van der Waals surface area contributed by atoms with Crippen LogP contribution in [0.3, 0.4) is 0 Å². The molecular weight excluding hydrogens is 282 g/mol. The number of ether oxygens (including phenoxy) is 1. The predicted molar refractivity (Wildman–Crippen MR) is 69.6 cm³/mol. The molecule has 1 heterocycles. The van der Waals surface area contributed by atoms with Gasteiger partial charge in [-0.1, -0.05) is 34.1 Å². The minimum absolute atomic E-state index is 0.0817. The SMILES string of the molecule is CN(Cc1ccccc1Br)C(=O)C1CCCO1. The lowest BCUT2D eigenvalue weighted by Crippen LogP contribution is -2.35. The minimum atomic E-state index is -0.234. The Balaban J connectivity index is 1.99. The van der Waals surface area contributed by atoms with Gasteiger partial charge in [0.2, 0.25) is 0 Å². The van der Waals surface area contributed by atoms with Crippen molar-refractivity contribution in [3.05, 3.63) is 34.3 Å². The molecule has 0 spiro atoms. The molecule has 1 aromatic rings. The van der Waals surface area contributed by atoms with E-state index in [1.165, 1.54) is 0 Å². The standard InChI is InChI=1S/C13H16BrNO2/c1-15(13(16)12-7-4-8-17-12)9-10-5-2-3-6-11(10)14/h2-3,5-6,12H,4,7-9H2,1H3. The molecule has 92 valence electrons. The van der Waals surface area contributed by atoms with Gasteiger partial charge in [-0.15, -0.1) is 0 Å². The van der Waals surface area contributed by atoms with Crippen LogP contribution in [0.1, 0.15) is 18.4 Å². The molecule has 3 nitrogen and oxygen atoms in total. The number of rotatable bonds is 3. The molecule has 0 aromatic heterocycles. The van der Waals surface area contributed by atoms with Gasteiger partial charge in [-0.25, -0.2) is 0 Å². The van der Waals surface area contributed by atoms with Gasteiger partial charge in [0.25, 0.3) is 5.91 Å². The van der Waals surface area contributed by atoms with E-state index in [-0.39, 0.29) is 12.0 Å². The van der Waals surface area contributed by atoms with Crippen LogP contribution >= 0.6 is 15.9 Å². The Kier molecular flexibility index (Phi) is 4.18. The highest BCUT2D eigenvalue weighted by atomic mass is 79.9. The lowest BCUT2D eigenvalue weighted by molar-refractivity contribution is -0.140. The number of amides is 1. The van der Waals surface area contributed by atoms with Crippen molar-refractivity contribution in [3.8, 4) is 0 Å². The monoisotopic (exact) mass is 297 g/mol. The highest BCUT2D eigenvalue weighted by molar-refractivity contribution is 9.10. The van der Waals surface area contributed by atoms with Crippen LogP contribution in [0.15, 0.2) is 28.7 Å². The molecule has 0 aliphatic carbocycles. The fourth-order valence-corrected chi connectivity index (χ4v) is 2.39. The summed E-state index contributed by atoms with van der Waals surface area (Å²) in [6, 6.07) is 7.95. The molecule has 1 saturated heterocycles. The van der Waals surface area contributed by atoms with Crippen LogP contribution < -0.4 is 0 Å². The van der Waals surface area contributed by atoms with Gasteiger partial charge in [-0.3, -0.25) is 4.79 Å². The van der Waals surface area contributed by atoms with Gasteiger partial charge < -0.3 is 9.64 Å². The van der Waals surface area contributed by atoms with E-state index in [9.17, 15) is 4.79 Å². The van der Waals surface area contributed by atoms with Crippen molar-refractivity contribution in [2.45, 2.75) is 25.5 Å². The normalized spacial score (nSPS) is 19.3. The van der Waals surface area contributed by atoms with Crippen LogP contribution in [-0.2, 0) is 16.1 Å². The zero-order valence-corrected chi connectivity index (χ0v) is 11.4.